The third-order valence-electron chi connectivity index (χ3n) is 5.69. The van der Waals surface area contributed by atoms with Crippen molar-refractivity contribution in [3.63, 3.8) is 0 Å². The van der Waals surface area contributed by atoms with Crippen molar-refractivity contribution in [1.82, 2.24) is 4.98 Å². The molecule has 0 unspecified atom stereocenters. The molecule has 1 N–H and O–H groups in total. The highest BCUT2D eigenvalue weighted by Crippen LogP contribution is 2.55. The van der Waals surface area contributed by atoms with E-state index in [-0.39, 0.29) is 24.2 Å². The normalized spacial score (nSPS) is 12.3. The second kappa shape index (κ2) is 12.1. The first-order valence-electron chi connectivity index (χ1n) is 11.4. The van der Waals surface area contributed by atoms with Crippen molar-refractivity contribution in [1.29, 1.82) is 0 Å². The first-order valence-corrected chi connectivity index (χ1v) is 12.2. The zero-order valence-corrected chi connectivity index (χ0v) is 22.3. The number of rotatable bonds is 8. The summed E-state index contributed by atoms with van der Waals surface area (Å²) in [6.45, 7) is -2.46. The molecule has 6 nitrogen and oxygen atoms in total. The molecule has 0 saturated carbocycles. The summed E-state index contributed by atoms with van der Waals surface area (Å²) in [5.41, 5.74) is -10.3. The second-order valence-corrected chi connectivity index (χ2v) is 9.10. The van der Waals surface area contributed by atoms with E-state index >= 15 is 4.39 Å². The van der Waals surface area contributed by atoms with E-state index in [4.69, 9.17) is 0 Å². The maximum Gasteiger partial charge on any atom is 0.435 e. The highest BCUT2D eigenvalue weighted by Gasteiger charge is 2.73. The molecule has 226 valence electrons. The predicted molar refractivity (Wildman–Crippen MR) is 132 cm³/mol. The second-order valence-electron chi connectivity index (χ2n) is 8.24. The molecule has 0 bridgehead atoms. The summed E-state index contributed by atoms with van der Waals surface area (Å²) in [4.78, 5) is 30.6. The molecule has 2 amide bonds. The number of pyridine rings is 1. The van der Waals surface area contributed by atoms with Crippen molar-refractivity contribution in [3.05, 3.63) is 81.8 Å². The van der Waals surface area contributed by atoms with Gasteiger partial charge in [0.05, 0.1) is 16.9 Å². The SMILES string of the molecule is CCN(C(=O)c1ccncc1)c1cccc(C(=O)Nc2c(Br)cc(C(F)(C(F)(F)F)C(F)(F)F)cc2OC(F)F)c1F. The molecule has 3 aromatic rings. The lowest BCUT2D eigenvalue weighted by molar-refractivity contribution is -0.348. The average Bonchev–Trinajstić information content (AvgIpc) is 2.90. The van der Waals surface area contributed by atoms with Crippen LogP contribution >= 0.6 is 15.9 Å². The van der Waals surface area contributed by atoms with E-state index in [0.717, 1.165) is 23.1 Å². The first-order chi connectivity index (χ1) is 19.4. The van der Waals surface area contributed by atoms with Crippen molar-refractivity contribution in [2.75, 3.05) is 16.8 Å². The minimum absolute atomic E-state index is 0.0477. The molecule has 0 atom stereocenters. The summed E-state index contributed by atoms with van der Waals surface area (Å²) >= 11 is 2.53. The Balaban J connectivity index is 2.07. The van der Waals surface area contributed by atoms with Crippen LogP contribution in [0.1, 0.15) is 33.2 Å². The monoisotopic (exact) mass is 675 g/mol. The minimum atomic E-state index is -6.58. The molecule has 3 rings (SSSR count). The van der Waals surface area contributed by atoms with Crippen molar-refractivity contribution in [2.45, 2.75) is 31.6 Å². The van der Waals surface area contributed by atoms with Gasteiger partial charge in [-0.3, -0.25) is 14.6 Å². The Morgan fingerprint density at radius 3 is 2.12 bits per heavy atom. The fourth-order valence-corrected chi connectivity index (χ4v) is 4.28. The van der Waals surface area contributed by atoms with Crippen molar-refractivity contribution in [2.24, 2.45) is 0 Å². The van der Waals surface area contributed by atoms with Crippen LogP contribution < -0.4 is 15.0 Å². The largest absolute Gasteiger partial charge is 0.435 e. The highest BCUT2D eigenvalue weighted by molar-refractivity contribution is 9.10. The molecule has 0 spiro atoms. The lowest BCUT2D eigenvalue weighted by atomic mass is 9.93. The van der Waals surface area contributed by atoms with E-state index in [9.17, 15) is 49.1 Å². The maximum atomic E-state index is 15.5. The number of hydrogen-bond donors (Lipinski definition) is 1. The highest BCUT2D eigenvalue weighted by atomic mass is 79.9. The van der Waals surface area contributed by atoms with Crippen LogP contribution in [0.15, 0.2) is 59.3 Å². The topological polar surface area (TPSA) is 71.5 Å². The van der Waals surface area contributed by atoms with Crippen molar-refractivity contribution >= 4 is 39.1 Å². The van der Waals surface area contributed by atoms with Gasteiger partial charge >= 0.3 is 24.6 Å². The Morgan fingerprint density at radius 1 is 1.00 bits per heavy atom. The number of aromatic nitrogens is 1. The van der Waals surface area contributed by atoms with E-state index in [0.29, 0.717) is 0 Å². The minimum Gasteiger partial charge on any atom is -0.433 e. The molecule has 1 heterocycles. The third-order valence-corrected chi connectivity index (χ3v) is 6.32. The standard InChI is InChI=1S/C25H16BrF10N3O3/c1-2-39(21(41)12-6-8-37-9-7-12)16-5-3-4-14(18(16)27)20(40)38-19-15(26)10-13(11-17(19)42-22(28)29)23(30,24(31,32)33)25(34,35)36/h3-11,22H,2H2,1H3,(H,38,40). The van der Waals surface area contributed by atoms with Gasteiger partial charge in [0, 0.05) is 34.5 Å². The van der Waals surface area contributed by atoms with Crippen LogP contribution in [0, 0.1) is 5.82 Å². The zero-order valence-electron chi connectivity index (χ0n) is 20.8. The lowest BCUT2D eigenvalue weighted by Gasteiger charge is -2.31. The fourth-order valence-electron chi connectivity index (χ4n) is 3.74. The molecule has 17 heteroatoms. The van der Waals surface area contributed by atoms with E-state index < -0.39 is 75.0 Å². The number of ether oxygens (including phenoxy) is 1. The summed E-state index contributed by atoms with van der Waals surface area (Å²) in [6, 6.07) is 5.51. The molecule has 0 fully saturated rings. The molecular formula is C25H16BrF10N3O3. The Labute approximate surface area is 238 Å². The molecule has 0 aliphatic carbocycles. The van der Waals surface area contributed by atoms with Gasteiger partial charge in [0.1, 0.15) is 0 Å². The van der Waals surface area contributed by atoms with Crippen molar-refractivity contribution < 1.29 is 58.2 Å². The third kappa shape index (κ3) is 6.29. The van der Waals surface area contributed by atoms with Crippen LogP contribution in [0.3, 0.4) is 0 Å². The number of nitrogens with one attached hydrogen (secondary N) is 1. The van der Waals surface area contributed by atoms with E-state index in [1.165, 1.54) is 31.5 Å². The zero-order chi connectivity index (χ0) is 31.6. The Morgan fingerprint density at radius 2 is 1.60 bits per heavy atom. The first kappa shape index (κ1) is 32.6. The van der Waals surface area contributed by atoms with Gasteiger partial charge in [-0.25, -0.2) is 8.78 Å². The molecule has 1 aromatic heterocycles. The number of nitrogens with zero attached hydrogens (tertiary/aromatic N) is 2. The number of alkyl halides is 9. The van der Waals surface area contributed by atoms with Gasteiger partial charge in [-0.2, -0.15) is 35.1 Å². The number of carbonyl (C=O) groups excluding carboxylic acids is 2. The van der Waals surface area contributed by atoms with E-state index in [2.05, 4.69) is 25.7 Å². The molecule has 2 aromatic carbocycles. The predicted octanol–water partition coefficient (Wildman–Crippen LogP) is 7.79. The molecule has 0 aliphatic rings. The van der Waals surface area contributed by atoms with Crippen LogP contribution in [0.4, 0.5) is 55.3 Å². The van der Waals surface area contributed by atoms with Crippen LogP contribution in [0.5, 0.6) is 5.75 Å². The van der Waals surface area contributed by atoms with E-state index in [1.807, 2.05) is 5.32 Å². The average molecular weight is 676 g/mol. The van der Waals surface area contributed by atoms with Gasteiger partial charge in [0.15, 0.2) is 11.6 Å². The Kier molecular flexibility index (Phi) is 9.44. The van der Waals surface area contributed by atoms with Gasteiger partial charge in [-0.1, -0.05) is 6.07 Å². The number of hydrogen-bond acceptors (Lipinski definition) is 4. The van der Waals surface area contributed by atoms with Crippen LogP contribution in [0.2, 0.25) is 0 Å². The van der Waals surface area contributed by atoms with Gasteiger partial charge in [0.2, 0.25) is 0 Å². The fraction of sp³-hybridized carbons (Fsp3) is 0.240. The number of carbonyl (C=O) groups is 2. The van der Waals surface area contributed by atoms with Gasteiger partial charge < -0.3 is 15.0 Å². The van der Waals surface area contributed by atoms with E-state index in [1.54, 1.807) is 0 Å². The van der Waals surface area contributed by atoms with Gasteiger partial charge in [0.25, 0.3) is 11.8 Å². The summed E-state index contributed by atoms with van der Waals surface area (Å²) in [5, 5.41) is 1.86. The van der Waals surface area contributed by atoms with Crippen LogP contribution in [-0.2, 0) is 5.67 Å². The number of anilines is 2. The quantitative estimate of drug-likeness (QED) is 0.248. The van der Waals surface area contributed by atoms with Gasteiger partial charge in [-0.15, -0.1) is 0 Å². The summed E-state index contributed by atoms with van der Waals surface area (Å²) in [6.07, 6.45) is -10.6. The molecule has 0 radical (unpaired) electrons. The Hall–Kier alpha value is -3.89. The number of amides is 2. The van der Waals surface area contributed by atoms with Gasteiger partial charge in [-0.05, 0) is 59.3 Å². The molecule has 42 heavy (non-hydrogen) atoms. The smallest absolute Gasteiger partial charge is 0.433 e. The Bertz CT molecular complexity index is 1450. The summed E-state index contributed by atoms with van der Waals surface area (Å²) in [5.74, 6) is -4.92. The summed E-state index contributed by atoms with van der Waals surface area (Å²) < 4.78 is 139. The summed E-state index contributed by atoms with van der Waals surface area (Å²) in [7, 11) is 0. The molecule has 0 saturated heterocycles. The van der Waals surface area contributed by atoms with Crippen LogP contribution in [0.25, 0.3) is 0 Å². The molecular weight excluding hydrogens is 660 g/mol. The van der Waals surface area contributed by atoms with Crippen molar-refractivity contribution in [3.8, 4) is 5.75 Å². The lowest BCUT2D eigenvalue weighted by Crippen LogP contribution is -2.50. The maximum absolute atomic E-state index is 15.5. The molecule has 0 aliphatic heterocycles. The number of benzene rings is 2. The van der Waals surface area contributed by atoms with Crippen LogP contribution in [-0.4, -0.2) is 42.3 Å². The number of halogens is 11.